The average Bonchev–Trinajstić information content (AvgIpc) is 2.47. The van der Waals surface area contributed by atoms with Gasteiger partial charge in [0.15, 0.2) is 0 Å². The Kier molecular flexibility index (Phi) is 5.40. The second kappa shape index (κ2) is 7.28. The Balaban J connectivity index is 2.23. The number of hydrogen-bond acceptors (Lipinski definition) is 2. The largest absolute Gasteiger partial charge is 0.494 e. The maximum absolute atomic E-state index is 5.51. The minimum atomic E-state index is 0.500. The highest BCUT2D eigenvalue weighted by molar-refractivity contribution is 5.68. The summed E-state index contributed by atoms with van der Waals surface area (Å²) in [4.78, 5) is 0. The van der Waals surface area contributed by atoms with Gasteiger partial charge in [-0.25, -0.2) is 0 Å². The van der Waals surface area contributed by atoms with E-state index in [0.29, 0.717) is 12.6 Å². The molecule has 2 rings (SSSR count). The molecule has 2 aromatic carbocycles. The van der Waals surface area contributed by atoms with Crippen LogP contribution in [0.5, 0.6) is 5.75 Å². The summed E-state index contributed by atoms with van der Waals surface area (Å²) in [7, 11) is 0. The topological polar surface area (TPSA) is 21.3 Å². The molecule has 0 spiro atoms. The lowest BCUT2D eigenvalue weighted by Crippen LogP contribution is -2.21. The molecule has 0 fully saturated rings. The van der Waals surface area contributed by atoms with Crippen LogP contribution < -0.4 is 10.1 Å². The standard InChI is InChI=1S/C19H25NO/c1-5-21-18-10-8-17(9-11-18)19-12-16(7-6-15(19)4)13-20-14(2)3/h6-12,14,20H,5,13H2,1-4H3. The third kappa shape index (κ3) is 4.33. The van der Waals surface area contributed by atoms with E-state index in [9.17, 15) is 0 Å². The van der Waals surface area contributed by atoms with Gasteiger partial charge in [-0.05, 0) is 54.3 Å². The van der Waals surface area contributed by atoms with Crippen LogP contribution in [0.15, 0.2) is 42.5 Å². The normalized spacial score (nSPS) is 10.9. The maximum atomic E-state index is 5.51. The molecule has 0 aromatic heterocycles. The van der Waals surface area contributed by atoms with Gasteiger partial charge >= 0.3 is 0 Å². The van der Waals surface area contributed by atoms with E-state index in [2.05, 4.69) is 56.4 Å². The maximum Gasteiger partial charge on any atom is 0.119 e. The van der Waals surface area contributed by atoms with Crippen LogP contribution in [0.1, 0.15) is 31.9 Å². The first-order valence-corrected chi connectivity index (χ1v) is 7.66. The van der Waals surface area contributed by atoms with E-state index >= 15 is 0 Å². The monoisotopic (exact) mass is 283 g/mol. The second-order valence-electron chi connectivity index (χ2n) is 5.64. The zero-order valence-electron chi connectivity index (χ0n) is 13.4. The third-order valence-corrected chi connectivity index (χ3v) is 3.49. The highest BCUT2D eigenvalue weighted by Gasteiger charge is 2.05. The first kappa shape index (κ1) is 15.6. The second-order valence-corrected chi connectivity index (χ2v) is 5.64. The fraction of sp³-hybridized carbons (Fsp3) is 0.368. The van der Waals surface area contributed by atoms with Crippen LogP contribution in [0.25, 0.3) is 11.1 Å². The Morgan fingerprint density at radius 1 is 1.05 bits per heavy atom. The molecule has 0 atom stereocenters. The van der Waals surface area contributed by atoms with E-state index in [1.807, 2.05) is 19.1 Å². The summed E-state index contributed by atoms with van der Waals surface area (Å²) < 4.78 is 5.51. The van der Waals surface area contributed by atoms with Crippen LogP contribution >= 0.6 is 0 Å². The zero-order chi connectivity index (χ0) is 15.2. The molecule has 0 saturated heterocycles. The number of ether oxygens (including phenoxy) is 1. The fourth-order valence-corrected chi connectivity index (χ4v) is 2.31. The van der Waals surface area contributed by atoms with Crippen molar-refractivity contribution in [3.8, 4) is 16.9 Å². The van der Waals surface area contributed by atoms with E-state index in [1.165, 1.54) is 22.3 Å². The summed E-state index contributed by atoms with van der Waals surface area (Å²) in [6, 6.07) is 15.5. The summed E-state index contributed by atoms with van der Waals surface area (Å²) in [6.45, 7) is 10.1. The van der Waals surface area contributed by atoms with Crippen LogP contribution in [0.2, 0.25) is 0 Å². The van der Waals surface area contributed by atoms with Crippen LogP contribution in [0.4, 0.5) is 0 Å². The molecule has 0 radical (unpaired) electrons. The van der Waals surface area contributed by atoms with E-state index in [4.69, 9.17) is 4.74 Å². The molecule has 0 saturated carbocycles. The summed E-state index contributed by atoms with van der Waals surface area (Å²) in [5, 5.41) is 3.47. The molecule has 0 aliphatic heterocycles. The van der Waals surface area contributed by atoms with Gasteiger partial charge in [0.1, 0.15) is 5.75 Å². The van der Waals surface area contributed by atoms with Crippen molar-refractivity contribution in [1.82, 2.24) is 5.32 Å². The van der Waals surface area contributed by atoms with Gasteiger partial charge in [0.2, 0.25) is 0 Å². The highest BCUT2D eigenvalue weighted by atomic mass is 16.5. The predicted molar refractivity (Wildman–Crippen MR) is 89.8 cm³/mol. The molecule has 0 bridgehead atoms. The van der Waals surface area contributed by atoms with E-state index in [0.717, 1.165) is 12.3 Å². The Bertz CT molecular complexity index is 573. The van der Waals surface area contributed by atoms with Crippen molar-refractivity contribution in [2.45, 2.75) is 40.3 Å². The lowest BCUT2D eigenvalue weighted by molar-refractivity contribution is 0.340. The molecule has 21 heavy (non-hydrogen) atoms. The van der Waals surface area contributed by atoms with Gasteiger partial charge < -0.3 is 10.1 Å². The zero-order valence-corrected chi connectivity index (χ0v) is 13.4. The smallest absolute Gasteiger partial charge is 0.119 e. The molecule has 2 aromatic rings. The number of aryl methyl sites for hydroxylation is 1. The molecular weight excluding hydrogens is 258 g/mol. The SMILES string of the molecule is CCOc1ccc(-c2cc(CNC(C)C)ccc2C)cc1. The van der Waals surface area contributed by atoms with Gasteiger partial charge in [0, 0.05) is 12.6 Å². The van der Waals surface area contributed by atoms with E-state index in [-0.39, 0.29) is 0 Å². The summed E-state index contributed by atoms with van der Waals surface area (Å²) in [5.74, 6) is 0.927. The molecule has 1 N–H and O–H groups in total. The Morgan fingerprint density at radius 2 is 1.76 bits per heavy atom. The Morgan fingerprint density at radius 3 is 2.38 bits per heavy atom. The van der Waals surface area contributed by atoms with Gasteiger partial charge in [-0.2, -0.15) is 0 Å². The quantitative estimate of drug-likeness (QED) is 0.839. The number of hydrogen-bond donors (Lipinski definition) is 1. The van der Waals surface area contributed by atoms with Gasteiger partial charge in [-0.3, -0.25) is 0 Å². The Hall–Kier alpha value is -1.80. The lowest BCUT2D eigenvalue weighted by Gasteiger charge is -2.12. The van der Waals surface area contributed by atoms with Crippen LogP contribution in [0, 0.1) is 6.92 Å². The number of benzene rings is 2. The van der Waals surface area contributed by atoms with Gasteiger partial charge in [-0.1, -0.05) is 38.1 Å². The molecule has 0 heterocycles. The van der Waals surface area contributed by atoms with Crippen molar-refractivity contribution >= 4 is 0 Å². The van der Waals surface area contributed by atoms with Crippen molar-refractivity contribution in [2.24, 2.45) is 0 Å². The molecule has 112 valence electrons. The Labute approximate surface area is 128 Å². The van der Waals surface area contributed by atoms with Crippen molar-refractivity contribution in [1.29, 1.82) is 0 Å². The molecular formula is C19H25NO. The number of nitrogens with one attached hydrogen (secondary N) is 1. The van der Waals surface area contributed by atoms with Crippen LogP contribution in [0.3, 0.4) is 0 Å². The average molecular weight is 283 g/mol. The van der Waals surface area contributed by atoms with E-state index in [1.54, 1.807) is 0 Å². The highest BCUT2D eigenvalue weighted by Crippen LogP contribution is 2.26. The summed E-state index contributed by atoms with van der Waals surface area (Å²) in [6.07, 6.45) is 0. The molecule has 0 aliphatic rings. The van der Waals surface area contributed by atoms with Gasteiger partial charge in [0.25, 0.3) is 0 Å². The van der Waals surface area contributed by atoms with Crippen molar-refractivity contribution in [3.63, 3.8) is 0 Å². The molecule has 2 nitrogen and oxygen atoms in total. The minimum Gasteiger partial charge on any atom is -0.494 e. The van der Waals surface area contributed by atoms with Crippen molar-refractivity contribution in [2.75, 3.05) is 6.61 Å². The van der Waals surface area contributed by atoms with Crippen molar-refractivity contribution < 1.29 is 4.74 Å². The molecule has 2 heteroatoms. The first-order valence-electron chi connectivity index (χ1n) is 7.66. The van der Waals surface area contributed by atoms with Crippen LogP contribution in [-0.2, 0) is 6.54 Å². The van der Waals surface area contributed by atoms with Crippen LogP contribution in [-0.4, -0.2) is 12.6 Å². The predicted octanol–water partition coefficient (Wildman–Crippen LogP) is 4.56. The van der Waals surface area contributed by atoms with E-state index < -0.39 is 0 Å². The minimum absolute atomic E-state index is 0.500. The fourth-order valence-electron chi connectivity index (χ4n) is 2.31. The number of rotatable bonds is 6. The third-order valence-electron chi connectivity index (χ3n) is 3.49. The molecule has 0 aliphatic carbocycles. The molecule has 0 amide bonds. The van der Waals surface area contributed by atoms with Gasteiger partial charge in [0.05, 0.1) is 6.61 Å². The summed E-state index contributed by atoms with van der Waals surface area (Å²) >= 11 is 0. The first-order chi connectivity index (χ1) is 10.1. The molecule has 0 unspecified atom stereocenters. The van der Waals surface area contributed by atoms with Crippen molar-refractivity contribution in [3.05, 3.63) is 53.6 Å². The van der Waals surface area contributed by atoms with Gasteiger partial charge in [-0.15, -0.1) is 0 Å². The summed E-state index contributed by atoms with van der Waals surface area (Å²) in [5.41, 5.74) is 5.15. The lowest BCUT2D eigenvalue weighted by atomic mass is 9.98.